The molecule has 0 bridgehead atoms. The molecule has 1 saturated carbocycles. The molecule has 20 heavy (non-hydrogen) atoms. The fraction of sp³-hybridized carbons (Fsp3) is 0.562. The van der Waals surface area contributed by atoms with E-state index in [0.29, 0.717) is 17.8 Å². The second kappa shape index (κ2) is 6.08. The van der Waals surface area contributed by atoms with Crippen molar-refractivity contribution in [2.24, 2.45) is 0 Å². The summed E-state index contributed by atoms with van der Waals surface area (Å²) in [5, 5.41) is 3.72. The van der Waals surface area contributed by atoms with Crippen LogP contribution in [0.4, 0.5) is 5.69 Å². The van der Waals surface area contributed by atoms with Crippen LogP contribution >= 0.6 is 11.8 Å². The highest BCUT2D eigenvalue weighted by molar-refractivity contribution is 8.00. The van der Waals surface area contributed by atoms with Crippen LogP contribution in [0.2, 0.25) is 0 Å². The summed E-state index contributed by atoms with van der Waals surface area (Å²) in [6.07, 6.45) is 4.81. The van der Waals surface area contributed by atoms with Gasteiger partial charge in [-0.25, -0.2) is 0 Å². The lowest BCUT2D eigenvalue weighted by atomic mass is 10.2. The van der Waals surface area contributed by atoms with Crippen LogP contribution in [0, 0.1) is 0 Å². The van der Waals surface area contributed by atoms with E-state index in [4.69, 9.17) is 0 Å². The number of anilines is 1. The zero-order valence-electron chi connectivity index (χ0n) is 12.0. The molecule has 1 aliphatic heterocycles. The van der Waals surface area contributed by atoms with Crippen molar-refractivity contribution in [1.29, 1.82) is 0 Å². The molecule has 1 amide bonds. The number of thioether (sulfide) groups is 1. The van der Waals surface area contributed by atoms with Crippen molar-refractivity contribution in [3.63, 3.8) is 0 Å². The highest BCUT2D eigenvalue weighted by Gasteiger charge is 2.24. The highest BCUT2D eigenvalue weighted by Crippen LogP contribution is 2.37. The van der Waals surface area contributed by atoms with Crippen molar-refractivity contribution in [2.75, 3.05) is 18.0 Å². The molecule has 0 saturated heterocycles. The van der Waals surface area contributed by atoms with Crippen LogP contribution in [-0.2, 0) is 4.79 Å². The number of amides is 1. The van der Waals surface area contributed by atoms with Crippen LogP contribution in [0.15, 0.2) is 29.2 Å². The molecule has 1 aliphatic carbocycles. The fourth-order valence-corrected chi connectivity index (χ4v) is 4.31. The summed E-state index contributed by atoms with van der Waals surface area (Å²) in [5.41, 5.74) is 1.21. The van der Waals surface area contributed by atoms with Crippen LogP contribution < -0.4 is 10.2 Å². The van der Waals surface area contributed by atoms with Gasteiger partial charge in [0, 0.05) is 22.7 Å². The third-order valence-electron chi connectivity index (χ3n) is 4.07. The third kappa shape index (κ3) is 3.11. The predicted octanol–water partition coefficient (Wildman–Crippen LogP) is 3.05. The maximum atomic E-state index is 12.2. The summed E-state index contributed by atoms with van der Waals surface area (Å²) in [4.78, 5) is 15.7. The first-order chi connectivity index (χ1) is 9.72. The molecule has 4 heteroatoms. The number of carbonyl (C=O) groups is 1. The van der Waals surface area contributed by atoms with E-state index in [9.17, 15) is 4.79 Å². The number of nitrogens with one attached hydrogen (secondary N) is 1. The number of hydrogen-bond acceptors (Lipinski definition) is 3. The van der Waals surface area contributed by atoms with Crippen molar-refractivity contribution in [3.05, 3.63) is 24.3 Å². The standard InChI is InChI=1S/C16H22N2OS/c1-12-10-18(14-8-4-5-9-15(14)20-12)11-16(19)17-13-6-2-3-7-13/h4-5,8-9,12-13H,2-3,6-7,10-11H2,1H3,(H,17,19)/t12-/m0/s1. The van der Waals surface area contributed by atoms with Gasteiger partial charge in [-0.3, -0.25) is 4.79 Å². The minimum Gasteiger partial charge on any atom is -0.360 e. The van der Waals surface area contributed by atoms with E-state index >= 15 is 0 Å². The van der Waals surface area contributed by atoms with Gasteiger partial charge in [0.15, 0.2) is 0 Å². The van der Waals surface area contributed by atoms with Gasteiger partial charge >= 0.3 is 0 Å². The van der Waals surface area contributed by atoms with Gasteiger partial charge in [0.05, 0.1) is 12.2 Å². The molecule has 1 heterocycles. The number of fused-ring (bicyclic) bond motifs is 1. The first-order valence-corrected chi connectivity index (χ1v) is 8.40. The Morgan fingerprint density at radius 1 is 1.35 bits per heavy atom. The minimum atomic E-state index is 0.172. The summed E-state index contributed by atoms with van der Waals surface area (Å²) in [5.74, 6) is 0.172. The van der Waals surface area contributed by atoms with Gasteiger partial charge in [0.1, 0.15) is 0 Å². The first kappa shape index (κ1) is 13.8. The molecule has 0 unspecified atom stereocenters. The molecule has 1 fully saturated rings. The quantitative estimate of drug-likeness (QED) is 0.928. The minimum absolute atomic E-state index is 0.172. The molecule has 1 aromatic carbocycles. The Morgan fingerprint density at radius 2 is 2.10 bits per heavy atom. The second-order valence-electron chi connectivity index (χ2n) is 5.83. The Labute approximate surface area is 125 Å². The maximum absolute atomic E-state index is 12.2. The van der Waals surface area contributed by atoms with Crippen molar-refractivity contribution in [1.82, 2.24) is 5.32 Å². The number of hydrogen-bond donors (Lipinski definition) is 1. The van der Waals surface area contributed by atoms with Gasteiger partial charge in [0.25, 0.3) is 0 Å². The van der Waals surface area contributed by atoms with Gasteiger partial charge in [-0.15, -0.1) is 11.8 Å². The van der Waals surface area contributed by atoms with Crippen molar-refractivity contribution in [3.8, 4) is 0 Å². The number of para-hydroxylation sites is 1. The molecule has 3 nitrogen and oxygen atoms in total. The Kier molecular flexibility index (Phi) is 4.20. The highest BCUT2D eigenvalue weighted by atomic mass is 32.2. The van der Waals surface area contributed by atoms with Crippen LogP contribution in [0.5, 0.6) is 0 Å². The van der Waals surface area contributed by atoms with Crippen LogP contribution in [-0.4, -0.2) is 30.3 Å². The molecule has 2 aliphatic rings. The summed E-state index contributed by atoms with van der Waals surface area (Å²) in [6.45, 7) is 3.65. The summed E-state index contributed by atoms with van der Waals surface area (Å²) in [7, 11) is 0. The molecule has 108 valence electrons. The molecule has 3 rings (SSSR count). The maximum Gasteiger partial charge on any atom is 0.239 e. The van der Waals surface area contributed by atoms with Crippen LogP contribution in [0.3, 0.4) is 0 Å². The molecular weight excluding hydrogens is 268 g/mol. The van der Waals surface area contributed by atoms with Gasteiger partial charge < -0.3 is 10.2 Å². The van der Waals surface area contributed by atoms with E-state index in [-0.39, 0.29) is 5.91 Å². The topological polar surface area (TPSA) is 32.3 Å². The van der Waals surface area contributed by atoms with E-state index in [0.717, 1.165) is 19.4 Å². The van der Waals surface area contributed by atoms with E-state index < -0.39 is 0 Å². The Morgan fingerprint density at radius 3 is 2.90 bits per heavy atom. The monoisotopic (exact) mass is 290 g/mol. The number of carbonyl (C=O) groups excluding carboxylic acids is 1. The first-order valence-electron chi connectivity index (χ1n) is 7.52. The molecule has 0 spiro atoms. The van der Waals surface area contributed by atoms with Gasteiger partial charge in [-0.05, 0) is 25.0 Å². The molecule has 1 N–H and O–H groups in total. The lowest BCUT2D eigenvalue weighted by Gasteiger charge is -2.34. The number of rotatable bonds is 3. The van der Waals surface area contributed by atoms with E-state index in [2.05, 4.69) is 41.4 Å². The Balaban J connectivity index is 1.66. The number of benzene rings is 1. The van der Waals surface area contributed by atoms with Crippen LogP contribution in [0.25, 0.3) is 0 Å². The van der Waals surface area contributed by atoms with Crippen molar-refractivity contribution < 1.29 is 4.79 Å². The average molecular weight is 290 g/mol. The molecule has 0 aromatic heterocycles. The van der Waals surface area contributed by atoms with Gasteiger partial charge in [-0.2, -0.15) is 0 Å². The molecular formula is C16H22N2OS. The Bertz CT molecular complexity index is 485. The summed E-state index contributed by atoms with van der Waals surface area (Å²) >= 11 is 1.90. The van der Waals surface area contributed by atoms with Gasteiger partial charge in [-0.1, -0.05) is 31.9 Å². The smallest absolute Gasteiger partial charge is 0.239 e. The number of nitrogens with zero attached hydrogens (tertiary/aromatic N) is 1. The summed E-state index contributed by atoms with van der Waals surface area (Å²) in [6, 6.07) is 8.81. The van der Waals surface area contributed by atoms with Crippen LogP contribution in [0.1, 0.15) is 32.6 Å². The van der Waals surface area contributed by atoms with Gasteiger partial charge in [0.2, 0.25) is 5.91 Å². The molecule has 0 radical (unpaired) electrons. The SMILES string of the molecule is C[C@H]1CN(CC(=O)NC2CCCC2)c2ccccc2S1. The normalized spacial score (nSPS) is 22.6. The second-order valence-corrected chi connectivity index (χ2v) is 7.31. The largest absolute Gasteiger partial charge is 0.360 e. The lowest BCUT2D eigenvalue weighted by Crippen LogP contribution is -2.44. The van der Waals surface area contributed by atoms with E-state index in [1.165, 1.54) is 23.4 Å². The average Bonchev–Trinajstić information content (AvgIpc) is 2.91. The summed E-state index contributed by atoms with van der Waals surface area (Å²) < 4.78 is 0. The third-order valence-corrected chi connectivity index (χ3v) is 5.22. The lowest BCUT2D eigenvalue weighted by molar-refractivity contribution is -0.120. The van der Waals surface area contributed by atoms with Crippen molar-refractivity contribution >= 4 is 23.4 Å². The van der Waals surface area contributed by atoms with Crippen molar-refractivity contribution in [2.45, 2.75) is 48.8 Å². The van der Waals surface area contributed by atoms with E-state index in [1.807, 2.05) is 11.8 Å². The Hall–Kier alpha value is -1.16. The zero-order chi connectivity index (χ0) is 13.9. The zero-order valence-corrected chi connectivity index (χ0v) is 12.8. The predicted molar refractivity (Wildman–Crippen MR) is 84.4 cm³/mol. The van der Waals surface area contributed by atoms with E-state index in [1.54, 1.807) is 0 Å². The molecule has 1 atom stereocenters. The fourth-order valence-electron chi connectivity index (χ4n) is 3.15. The molecule has 1 aromatic rings.